The van der Waals surface area contributed by atoms with Crippen molar-refractivity contribution in [3.63, 3.8) is 0 Å². The smallest absolute Gasteiger partial charge is 0.341 e. The molecule has 0 bridgehead atoms. The Morgan fingerprint density at radius 2 is 1.96 bits per heavy atom. The third-order valence-corrected chi connectivity index (χ3v) is 4.33. The van der Waals surface area contributed by atoms with Crippen molar-refractivity contribution in [2.24, 2.45) is 0 Å². The van der Waals surface area contributed by atoms with Crippen LogP contribution >= 0.6 is 0 Å². The molecule has 0 saturated heterocycles. The van der Waals surface area contributed by atoms with Gasteiger partial charge in [0.25, 0.3) is 5.91 Å². The van der Waals surface area contributed by atoms with E-state index in [9.17, 15) is 9.59 Å². The molecule has 126 valence electrons. The number of anilines is 2. The van der Waals surface area contributed by atoms with Gasteiger partial charge in [-0.1, -0.05) is 12.1 Å². The Labute approximate surface area is 140 Å². The number of furan rings is 1. The molecule has 6 heteroatoms. The SMILES string of the molecule is COC(=O)c1coc(C(=O)N2c3ccccc3N(C)CC[C@@H]2C)c1. The molecule has 3 rings (SSSR count). The lowest BCUT2D eigenvalue weighted by Crippen LogP contribution is -2.38. The predicted molar refractivity (Wildman–Crippen MR) is 90.6 cm³/mol. The van der Waals surface area contributed by atoms with Gasteiger partial charge in [0, 0.05) is 25.7 Å². The number of esters is 1. The van der Waals surface area contributed by atoms with Crippen LogP contribution in [-0.2, 0) is 4.74 Å². The molecule has 1 aliphatic heterocycles. The van der Waals surface area contributed by atoms with Crippen molar-refractivity contribution < 1.29 is 18.7 Å². The van der Waals surface area contributed by atoms with Gasteiger partial charge in [-0.25, -0.2) is 4.79 Å². The van der Waals surface area contributed by atoms with Gasteiger partial charge < -0.3 is 19.0 Å². The number of rotatable bonds is 2. The molecule has 6 nitrogen and oxygen atoms in total. The lowest BCUT2D eigenvalue weighted by atomic mass is 10.1. The van der Waals surface area contributed by atoms with Gasteiger partial charge in [-0.3, -0.25) is 4.79 Å². The van der Waals surface area contributed by atoms with Crippen LogP contribution in [0, 0.1) is 0 Å². The van der Waals surface area contributed by atoms with E-state index in [1.165, 1.54) is 19.4 Å². The molecule has 0 unspecified atom stereocenters. The third kappa shape index (κ3) is 2.75. The number of carbonyl (C=O) groups is 2. The van der Waals surface area contributed by atoms with Gasteiger partial charge >= 0.3 is 5.97 Å². The van der Waals surface area contributed by atoms with E-state index in [0.717, 1.165) is 24.3 Å². The summed E-state index contributed by atoms with van der Waals surface area (Å²) in [6.07, 6.45) is 2.08. The van der Waals surface area contributed by atoms with Gasteiger partial charge in [0.15, 0.2) is 5.76 Å². The zero-order chi connectivity index (χ0) is 17.3. The first-order valence-corrected chi connectivity index (χ1v) is 7.83. The summed E-state index contributed by atoms with van der Waals surface area (Å²) in [5.41, 5.74) is 2.06. The van der Waals surface area contributed by atoms with Crippen LogP contribution in [0.2, 0.25) is 0 Å². The number of nitrogens with zero attached hydrogens (tertiary/aromatic N) is 2. The fraction of sp³-hybridized carbons (Fsp3) is 0.333. The summed E-state index contributed by atoms with van der Waals surface area (Å²) >= 11 is 0. The first-order valence-electron chi connectivity index (χ1n) is 7.83. The number of fused-ring (bicyclic) bond motifs is 1. The Morgan fingerprint density at radius 3 is 2.67 bits per heavy atom. The van der Waals surface area contributed by atoms with Gasteiger partial charge in [-0.2, -0.15) is 0 Å². The molecule has 2 aromatic rings. The topological polar surface area (TPSA) is 63.0 Å². The normalized spacial score (nSPS) is 17.2. The Kier molecular flexibility index (Phi) is 4.29. The summed E-state index contributed by atoms with van der Waals surface area (Å²) in [5, 5.41) is 0. The summed E-state index contributed by atoms with van der Waals surface area (Å²) < 4.78 is 9.98. The summed E-state index contributed by atoms with van der Waals surface area (Å²) in [5.74, 6) is -0.663. The summed E-state index contributed by atoms with van der Waals surface area (Å²) in [7, 11) is 3.31. The van der Waals surface area contributed by atoms with Crippen LogP contribution in [0.3, 0.4) is 0 Å². The van der Waals surface area contributed by atoms with Crippen molar-refractivity contribution in [1.82, 2.24) is 0 Å². The van der Waals surface area contributed by atoms with Crippen molar-refractivity contribution in [1.29, 1.82) is 0 Å². The van der Waals surface area contributed by atoms with E-state index in [0.29, 0.717) is 0 Å². The van der Waals surface area contributed by atoms with Crippen LogP contribution in [0.5, 0.6) is 0 Å². The number of benzene rings is 1. The number of para-hydroxylation sites is 2. The minimum atomic E-state index is -0.526. The van der Waals surface area contributed by atoms with Crippen LogP contribution < -0.4 is 9.80 Å². The number of carbonyl (C=O) groups excluding carboxylic acids is 2. The fourth-order valence-electron chi connectivity index (χ4n) is 2.96. The van der Waals surface area contributed by atoms with Crippen molar-refractivity contribution >= 4 is 23.3 Å². The molecule has 1 aliphatic rings. The van der Waals surface area contributed by atoms with Gasteiger partial charge in [0.1, 0.15) is 6.26 Å². The Balaban J connectivity index is 2.00. The average Bonchev–Trinajstić information content (AvgIpc) is 3.05. The molecule has 0 spiro atoms. The summed E-state index contributed by atoms with van der Waals surface area (Å²) in [4.78, 5) is 28.5. The van der Waals surface area contributed by atoms with Gasteiger partial charge in [0.2, 0.25) is 0 Å². The molecule has 0 aliphatic carbocycles. The number of hydrogen-bond acceptors (Lipinski definition) is 5. The van der Waals surface area contributed by atoms with E-state index in [2.05, 4.69) is 9.64 Å². The first kappa shape index (κ1) is 16.1. The number of methoxy groups -OCH3 is 1. The lowest BCUT2D eigenvalue weighted by molar-refractivity contribution is 0.0600. The maximum atomic E-state index is 13.0. The maximum absolute atomic E-state index is 13.0. The predicted octanol–water partition coefficient (Wildman–Crippen LogP) is 2.94. The Hall–Kier alpha value is -2.76. The fourth-order valence-corrected chi connectivity index (χ4v) is 2.96. The monoisotopic (exact) mass is 328 g/mol. The van der Waals surface area contributed by atoms with E-state index in [-0.39, 0.29) is 23.3 Å². The highest BCUT2D eigenvalue weighted by molar-refractivity contribution is 6.07. The van der Waals surface area contributed by atoms with Crippen LogP contribution in [0.15, 0.2) is 41.0 Å². The highest BCUT2D eigenvalue weighted by atomic mass is 16.5. The molecule has 0 radical (unpaired) electrons. The molecule has 1 aromatic carbocycles. The van der Waals surface area contributed by atoms with Crippen LogP contribution in [-0.4, -0.2) is 38.6 Å². The maximum Gasteiger partial charge on any atom is 0.341 e. The van der Waals surface area contributed by atoms with E-state index < -0.39 is 5.97 Å². The second-order valence-corrected chi connectivity index (χ2v) is 5.91. The number of ether oxygens (including phenoxy) is 1. The van der Waals surface area contributed by atoms with Gasteiger partial charge in [-0.05, 0) is 25.5 Å². The van der Waals surface area contributed by atoms with Crippen molar-refractivity contribution in [2.45, 2.75) is 19.4 Å². The van der Waals surface area contributed by atoms with Gasteiger partial charge in [0.05, 0.1) is 24.0 Å². The molecule has 0 N–H and O–H groups in total. The van der Waals surface area contributed by atoms with E-state index in [1.807, 2.05) is 38.2 Å². The highest BCUT2D eigenvalue weighted by Gasteiger charge is 2.31. The molecule has 0 saturated carbocycles. The second kappa shape index (κ2) is 6.39. The summed E-state index contributed by atoms with van der Waals surface area (Å²) in [6.45, 7) is 2.87. The largest absolute Gasteiger partial charge is 0.465 e. The quantitative estimate of drug-likeness (QED) is 0.793. The molecule has 2 heterocycles. The second-order valence-electron chi connectivity index (χ2n) is 5.91. The Bertz CT molecular complexity index is 768. The van der Waals surface area contributed by atoms with Crippen molar-refractivity contribution in [3.8, 4) is 0 Å². The summed E-state index contributed by atoms with van der Waals surface area (Å²) in [6, 6.07) is 9.22. The zero-order valence-electron chi connectivity index (χ0n) is 14.0. The molecule has 1 amide bonds. The first-order chi connectivity index (χ1) is 11.5. The zero-order valence-corrected chi connectivity index (χ0v) is 14.0. The van der Waals surface area contributed by atoms with Crippen molar-refractivity contribution in [2.75, 3.05) is 30.5 Å². The third-order valence-electron chi connectivity index (χ3n) is 4.33. The highest BCUT2D eigenvalue weighted by Crippen LogP contribution is 2.34. The van der Waals surface area contributed by atoms with Crippen LogP contribution in [0.1, 0.15) is 34.3 Å². The standard InChI is InChI=1S/C18H20N2O4/c1-12-8-9-19(2)14-6-4-5-7-15(14)20(12)17(21)16-10-13(11-24-16)18(22)23-3/h4-7,10-12H,8-9H2,1-3H3/t12-/m0/s1. The molecular weight excluding hydrogens is 308 g/mol. The lowest BCUT2D eigenvalue weighted by Gasteiger charge is -2.27. The Morgan fingerprint density at radius 1 is 1.25 bits per heavy atom. The van der Waals surface area contributed by atoms with Gasteiger partial charge in [-0.15, -0.1) is 0 Å². The molecular formula is C18H20N2O4. The minimum absolute atomic E-state index is 0.00952. The van der Waals surface area contributed by atoms with E-state index in [4.69, 9.17) is 4.42 Å². The molecule has 1 atom stereocenters. The van der Waals surface area contributed by atoms with Crippen LogP contribution in [0.4, 0.5) is 11.4 Å². The molecule has 0 fully saturated rings. The number of hydrogen-bond donors (Lipinski definition) is 0. The average molecular weight is 328 g/mol. The van der Waals surface area contributed by atoms with E-state index in [1.54, 1.807) is 4.90 Å². The van der Waals surface area contributed by atoms with E-state index >= 15 is 0 Å². The molecule has 1 aromatic heterocycles. The minimum Gasteiger partial charge on any atom is -0.465 e. The van der Waals surface area contributed by atoms with Crippen LogP contribution in [0.25, 0.3) is 0 Å². The molecule has 24 heavy (non-hydrogen) atoms. The van der Waals surface area contributed by atoms with Crippen molar-refractivity contribution in [3.05, 3.63) is 47.9 Å². The number of amides is 1.